The number of hydrogen-bond donors (Lipinski definition) is 2. The zero-order valence-corrected chi connectivity index (χ0v) is 13.1. The Hall–Kier alpha value is -2.12. The van der Waals surface area contributed by atoms with E-state index in [-0.39, 0.29) is 17.8 Å². The number of rotatable bonds is 3. The highest BCUT2D eigenvalue weighted by molar-refractivity contribution is 5.84. The standard InChI is InChI=1S/C14H22N4O4/c1-14(2,3)22-13(21)15-9-6-4-5-7-11(9)18-8-10(12(19)20)16-17-18/h8-9,11H,4-7H2,1-3H3,(H,15,21)(H,19,20)/t9-,11+/m1/s1. The van der Waals surface area contributed by atoms with Crippen LogP contribution in [0.2, 0.25) is 0 Å². The third-order valence-electron chi connectivity index (χ3n) is 3.50. The van der Waals surface area contributed by atoms with Gasteiger partial charge in [0.1, 0.15) is 5.60 Å². The van der Waals surface area contributed by atoms with Crippen LogP contribution in [0.15, 0.2) is 6.20 Å². The number of nitrogens with zero attached hydrogens (tertiary/aromatic N) is 3. The molecule has 8 nitrogen and oxygen atoms in total. The molecule has 0 bridgehead atoms. The highest BCUT2D eigenvalue weighted by Crippen LogP contribution is 2.28. The van der Waals surface area contributed by atoms with Crippen LogP contribution in [0.5, 0.6) is 0 Å². The molecule has 1 amide bonds. The first-order chi connectivity index (χ1) is 10.3. The molecule has 2 atom stereocenters. The molecule has 0 aromatic carbocycles. The number of amides is 1. The molecule has 1 aromatic heterocycles. The van der Waals surface area contributed by atoms with Gasteiger partial charge in [0.25, 0.3) is 0 Å². The fourth-order valence-electron chi connectivity index (χ4n) is 2.59. The molecule has 0 radical (unpaired) electrons. The summed E-state index contributed by atoms with van der Waals surface area (Å²) in [5.41, 5.74) is -0.653. The number of aromatic carboxylic acids is 1. The summed E-state index contributed by atoms with van der Waals surface area (Å²) in [4.78, 5) is 22.9. The van der Waals surface area contributed by atoms with Crippen LogP contribution in [0.3, 0.4) is 0 Å². The van der Waals surface area contributed by atoms with Gasteiger partial charge >= 0.3 is 12.1 Å². The maximum Gasteiger partial charge on any atom is 0.407 e. The van der Waals surface area contributed by atoms with Crippen LogP contribution in [-0.4, -0.2) is 43.8 Å². The second kappa shape index (κ2) is 6.33. The maximum atomic E-state index is 11.9. The van der Waals surface area contributed by atoms with Crippen molar-refractivity contribution in [3.63, 3.8) is 0 Å². The van der Waals surface area contributed by atoms with E-state index in [1.165, 1.54) is 10.9 Å². The second-order valence-corrected chi connectivity index (χ2v) is 6.49. The van der Waals surface area contributed by atoms with Crippen LogP contribution in [-0.2, 0) is 4.74 Å². The third-order valence-corrected chi connectivity index (χ3v) is 3.50. The summed E-state index contributed by atoms with van der Waals surface area (Å²) in [6.07, 6.45) is 4.54. The van der Waals surface area contributed by atoms with E-state index in [0.717, 1.165) is 25.7 Å². The largest absolute Gasteiger partial charge is 0.476 e. The molecule has 1 aliphatic carbocycles. The topological polar surface area (TPSA) is 106 Å². The monoisotopic (exact) mass is 310 g/mol. The number of carboxylic acids is 1. The molecule has 2 N–H and O–H groups in total. The summed E-state index contributed by atoms with van der Waals surface area (Å²) in [6.45, 7) is 5.42. The molecule has 22 heavy (non-hydrogen) atoms. The summed E-state index contributed by atoms with van der Waals surface area (Å²) in [7, 11) is 0. The van der Waals surface area contributed by atoms with E-state index in [4.69, 9.17) is 9.84 Å². The van der Waals surface area contributed by atoms with Gasteiger partial charge in [-0.1, -0.05) is 18.1 Å². The SMILES string of the molecule is CC(C)(C)OC(=O)N[C@@H]1CCCC[C@@H]1n1cc(C(=O)O)nn1. The van der Waals surface area contributed by atoms with Crippen molar-refractivity contribution in [1.82, 2.24) is 20.3 Å². The highest BCUT2D eigenvalue weighted by Gasteiger charge is 2.30. The molecule has 1 heterocycles. The molecule has 0 saturated heterocycles. The van der Waals surface area contributed by atoms with Gasteiger partial charge in [-0.25, -0.2) is 14.3 Å². The lowest BCUT2D eigenvalue weighted by Gasteiger charge is -2.32. The molecule has 1 fully saturated rings. The van der Waals surface area contributed by atoms with Gasteiger partial charge in [-0.3, -0.25) is 0 Å². The van der Waals surface area contributed by atoms with E-state index in [1.807, 2.05) is 20.8 Å². The lowest BCUT2D eigenvalue weighted by Crippen LogP contribution is -2.45. The number of alkyl carbamates (subject to hydrolysis) is 1. The van der Waals surface area contributed by atoms with Gasteiger partial charge in [-0.15, -0.1) is 5.10 Å². The van der Waals surface area contributed by atoms with Crippen LogP contribution in [0, 0.1) is 0 Å². The van der Waals surface area contributed by atoms with Gasteiger partial charge < -0.3 is 15.2 Å². The van der Waals surface area contributed by atoms with E-state index in [9.17, 15) is 9.59 Å². The molecular weight excluding hydrogens is 288 g/mol. The van der Waals surface area contributed by atoms with E-state index in [0.29, 0.717) is 0 Å². The van der Waals surface area contributed by atoms with Gasteiger partial charge in [-0.05, 0) is 33.6 Å². The Morgan fingerprint density at radius 3 is 2.64 bits per heavy atom. The van der Waals surface area contributed by atoms with Crippen molar-refractivity contribution < 1.29 is 19.4 Å². The maximum absolute atomic E-state index is 11.9. The first kappa shape index (κ1) is 16.3. The normalized spacial score (nSPS) is 22.1. The first-order valence-electron chi connectivity index (χ1n) is 7.41. The second-order valence-electron chi connectivity index (χ2n) is 6.49. The summed E-state index contributed by atoms with van der Waals surface area (Å²) >= 11 is 0. The Morgan fingerprint density at radius 2 is 2.05 bits per heavy atom. The molecular formula is C14H22N4O4. The van der Waals surface area contributed by atoms with Gasteiger partial charge in [0.15, 0.2) is 5.69 Å². The van der Waals surface area contributed by atoms with Crippen molar-refractivity contribution in [1.29, 1.82) is 0 Å². The fraction of sp³-hybridized carbons (Fsp3) is 0.714. The molecule has 1 aliphatic rings. The van der Waals surface area contributed by atoms with Crippen molar-refractivity contribution in [2.45, 2.75) is 64.1 Å². The third kappa shape index (κ3) is 4.19. The minimum absolute atomic E-state index is 0.0957. The Morgan fingerprint density at radius 1 is 1.36 bits per heavy atom. The lowest BCUT2D eigenvalue weighted by molar-refractivity contribution is 0.0467. The zero-order valence-electron chi connectivity index (χ0n) is 13.1. The van der Waals surface area contributed by atoms with E-state index < -0.39 is 17.7 Å². The summed E-state index contributed by atoms with van der Waals surface area (Å²) in [6, 6.07) is -0.256. The predicted molar refractivity (Wildman–Crippen MR) is 77.6 cm³/mol. The van der Waals surface area contributed by atoms with Crippen LogP contribution in [0.4, 0.5) is 4.79 Å². The predicted octanol–water partition coefficient (Wildman–Crippen LogP) is 1.98. The summed E-state index contributed by atoms with van der Waals surface area (Å²) in [5.74, 6) is -1.11. The number of carbonyl (C=O) groups is 2. The van der Waals surface area contributed by atoms with Gasteiger partial charge in [0.2, 0.25) is 0 Å². The smallest absolute Gasteiger partial charge is 0.407 e. The van der Waals surface area contributed by atoms with E-state index in [1.54, 1.807) is 0 Å². The number of aromatic nitrogens is 3. The number of carbonyl (C=O) groups excluding carboxylic acids is 1. The quantitative estimate of drug-likeness (QED) is 0.884. The van der Waals surface area contributed by atoms with Crippen LogP contribution in [0.1, 0.15) is 63.0 Å². The van der Waals surface area contributed by atoms with Gasteiger partial charge in [0.05, 0.1) is 18.3 Å². The fourth-order valence-corrected chi connectivity index (χ4v) is 2.59. The molecule has 8 heteroatoms. The minimum Gasteiger partial charge on any atom is -0.476 e. The highest BCUT2D eigenvalue weighted by atomic mass is 16.6. The molecule has 122 valence electrons. The minimum atomic E-state index is -1.11. The van der Waals surface area contributed by atoms with Crippen molar-refractivity contribution in [3.8, 4) is 0 Å². The molecule has 0 spiro atoms. The first-order valence-corrected chi connectivity index (χ1v) is 7.41. The number of nitrogens with one attached hydrogen (secondary N) is 1. The van der Waals surface area contributed by atoms with Crippen molar-refractivity contribution in [2.75, 3.05) is 0 Å². The van der Waals surface area contributed by atoms with Gasteiger partial charge in [0, 0.05) is 0 Å². The Kier molecular flexibility index (Phi) is 4.68. The summed E-state index contributed by atoms with van der Waals surface area (Å²) in [5, 5.41) is 19.3. The Labute approximate surface area is 128 Å². The number of ether oxygens (including phenoxy) is 1. The molecule has 1 saturated carbocycles. The number of carboxylic acid groups (broad SMARTS) is 1. The van der Waals surface area contributed by atoms with Crippen LogP contribution >= 0.6 is 0 Å². The zero-order chi connectivity index (χ0) is 16.3. The van der Waals surface area contributed by atoms with Crippen LogP contribution < -0.4 is 5.32 Å². The molecule has 1 aromatic rings. The van der Waals surface area contributed by atoms with Crippen molar-refractivity contribution in [2.24, 2.45) is 0 Å². The number of hydrogen-bond acceptors (Lipinski definition) is 5. The lowest BCUT2D eigenvalue weighted by atomic mass is 9.90. The van der Waals surface area contributed by atoms with Gasteiger partial charge in [-0.2, -0.15) is 0 Å². The van der Waals surface area contributed by atoms with Crippen molar-refractivity contribution in [3.05, 3.63) is 11.9 Å². The average molecular weight is 310 g/mol. The van der Waals surface area contributed by atoms with E-state index >= 15 is 0 Å². The Balaban J connectivity index is 2.07. The molecule has 0 aliphatic heterocycles. The van der Waals surface area contributed by atoms with E-state index in [2.05, 4.69) is 15.6 Å². The van der Waals surface area contributed by atoms with Crippen LogP contribution in [0.25, 0.3) is 0 Å². The Bertz CT molecular complexity index is 549. The molecule has 2 rings (SSSR count). The molecule has 0 unspecified atom stereocenters. The van der Waals surface area contributed by atoms with Crippen molar-refractivity contribution >= 4 is 12.1 Å². The summed E-state index contributed by atoms with van der Waals surface area (Å²) < 4.78 is 6.81. The average Bonchev–Trinajstić information content (AvgIpc) is 2.86.